The Kier molecular flexibility index (Phi) is 3.94. The van der Waals surface area contributed by atoms with Gasteiger partial charge in [0.2, 0.25) is 0 Å². The molecule has 0 amide bonds. The molecule has 0 fully saturated rings. The van der Waals surface area contributed by atoms with Gasteiger partial charge in [0, 0.05) is 28.2 Å². The Labute approximate surface area is 106 Å². The summed E-state index contributed by atoms with van der Waals surface area (Å²) in [6.07, 6.45) is 0. The maximum absolute atomic E-state index is 14.0. The van der Waals surface area contributed by atoms with Crippen molar-refractivity contribution in [2.75, 3.05) is 13.7 Å². The molecule has 94 valence electrons. The van der Waals surface area contributed by atoms with Crippen LogP contribution in [-0.2, 0) is 5.75 Å². The van der Waals surface area contributed by atoms with Crippen LogP contribution in [0.25, 0.3) is 0 Å². The van der Waals surface area contributed by atoms with Gasteiger partial charge in [-0.15, -0.1) is 0 Å². The van der Waals surface area contributed by atoms with Crippen molar-refractivity contribution in [3.63, 3.8) is 0 Å². The summed E-state index contributed by atoms with van der Waals surface area (Å²) in [5.41, 5.74) is 1.79. The van der Waals surface area contributed by atoms with E-state index in [2.05, 4.69) is 12.2 Å². The molecule has 0 spiro atoms. The first-order chi connectivity index (χ1) is 8.19. The molecule has 4 heteroatoms. The highest BCUT2D eigenvalue weighted by atomic mass is 32.2. The summed E-state index contributed by atoms with van der Waals surface area (Å²) in [5, 5.41) is 3.74. The molecular weight excluding hydrogens is 237 g/mol. The second kappa shape index (κ2) is 5.27. The van der Waals surface area contributed by atoms with Crippen LogP contribution in [0, 0.1) is 5.82 Å². The maximum Gasteiger partial charge on any atom is 0.128 e. The fraction of sp³-hybridized carbons (Fsp3) is 0.538. The number of halogens is 1. The average Bonchev–Trinajstić information content (AvgIpc) is 2.33. The number of thioether (sulfide) groups is 1. The fourth-order valence-corrected chi connectivity index (χ4v) is 3.48. The largest absolute Gasteiger partial charge is 0.496 e. The fourth-order valence-electron chi connectivity index (χ4n) is 2.33. The summed E-state index contributed by atoms with van der Waals surface area (Å²) in [7, 11) is 1.64. The minimum absolute atomic E-state index is 0.0730. The van der Waals surface area contributed by atoms with Crippen molar-refractivity contribution < 1.29 is 9.13 Å². The third-order valence-corrected chi connectivity index (χ3v) is 4.43. The molecule has 1 aromatic rings. The van der Waals surface area contributed by atoms with Gasteiger partial charge >= 0.3 is 0 Å². The predicted molar refractivity (Wildman–Crippen MR) is 70.1 cm³/mol. The number of nitrogens with one attached hydrogen (secondary N) is 1. The summed E-state index contributed by atoms with van der Waals surface area (Å²) in [6, 6.07) is 3.29. The average molecular weight is 255 g/mol. The Hall–Kier alpha value is -0.740. The van der Waals surface area contributed by atoms with Gasteiger partial charge in [0.05, 0.1) is 7.11 Å². The number of benzene rings is 1. The smallest absolute Gasteiger partial charge is 0.128 e. The lowest BCUT2D eigenvalue weighted by Gasteiger charge is -2.32. The summed E-state index contributed by atoms with van der Waals surface area (Å²) in [6.45, 7) is 5.02. The van der Waals surface area contributed by atoms with Gasteiger partial charge in [0.15, 0.2) is 0 Å². The minimum Gasteiger partial charge on any atom is -0.496 e. The van der Waals surface area contributed by atoms with E-state index in [0.717, 1.165) is 29.2 Å². The van der Waals surface area contributed by atoms with Gasteiger partial charge in [-0.1, -0.05) is 13.8 Å². The molecule has 0 aromatic heterocycles. The van der Waals surface area contributed by atoms with Gasteiger partial charge in [0.25, 0.3) is 0 Å². The third-order valence-electron chi connectivity index (χ3n) is 3.18. The van der Waals surface area contributed by atoms with Crippen molar-refractivity contribution in [2.24, 2.45) is 0 Å². The molecule has 1 aromatic carbocycles. The van der Waals surface area contributed by atoms with Crippen LogP contribution in [0.4, 0.5) is 4.39 Å². The second-order valence-electron chi connectivity index (χ2n) is 4.19. The number of hydrogen-bond donors (Lipinski definition) is 1. The van der Waals surface area contributed by atoms with Crippen LogP contribution >= 0.6 is 11.8 Å². The van der Waals surface area contributed by atoms with Crippen LogP contribution in [0.5, 0.6) is 5.75 Å². The molecule has 2 atom stereocenters. The van der Waals surface area contributed by atoms with E-state index in [9.17, 15) is 4.39 Å². The Morgan fingerprint density at radius 3 is 2.94 bits per heavy atom. The van der Waals surface area contributed by atoms with E-state index in [4.69, 9.17) is 4.74 Å². The Balaban J connectivity index is 2.50. The van der Waals surface area contributed by atoms with E-state index in [1.165, 1.54) is 6.07 Å². The first kappa shape index (κ1) is 12.7. The molecule has 0 bridgehead atoms. The SMILES string of the molecule is CCNC1c2c(F)ccc(OC)c2CSC1C. The highest BCUT2D eigenvalue weighted by Gasteiger charge is 2.31. The molecule has 0 saturated carbocycles. The molecule has 1 N–H and O–H groups in total. The number of fused-ring (bicyclic) bond motifs is 1. The van der Waals surface area contributed by atoms with Crippen molar-refractivity contribution >= 4 is 11.8 Å². The Morgan fingerprint density at radius 2 is 2.29 bits per heavy atom. The van der Waals surface area contributed by atoms with E-state index >= 15 is 0 Å². The Morgan fingerprint density at radius 1 is 1.53 bits per heavy atom. The lowest BCUT2D eigenvalue weighted by Crippen LogP contribution is -2.32. The van der Waals surface area contributed by atoms with Crippen LogP contribution in [-0.4, -0.2) is 18.9 Å². The number of rotatable bonds is 3. The van der Waals surface area contributed by atoms with E-state index in [1.807, 2.05) is 18.7 Å². The summed E-state index contributed by atoms with van der Waals surface area (Å²) >= 11 is 1.84. The van der Waals surface area contributed by atoms with Crippen LogP contribution in [0.15, 0.2) is 12.1 Å². The normalized spacial score (nSPS) is 23.3. The van der Waals surface area contributed by atoms with Gasteiger partial charge < -0.3 is 10.1 Å². The molecule has 1 heterocycles. The van der Waals surface area contributed by atoms with E-state index in [0.29, 0.717) is 5.25 Å². The standard InChI is InChI=1S/C13H18FNOS/c1-4-15-13-8(2)17-7-9-11(16-3)6-5-10(14)12(9)13/h5-6,8,13,15H,4,7H2,1-3H3. The second-order valence-corrected chi connectivity index (χ2v) is 5.56. The molecule has 2 unspecified atom stereocenters. The number of hydrogen-bond acceptors (Lipinski definition) is 3. The Bertz CT molecular complexity index is 411. The lowest BCUT2D eigenvalue weighted by atomic mass is 9.96. The molecule has 1 aliphatic rings. The van der Waals surface area contributed by atoms with Gasteiger partial charge in [-0.2, -0.15) is 11.8 Å². The summed E-state index contributed by atoms with van der Waals surface area (Å²) in [5.74, 6) is 1.49. The number of ether oxygens (including phenoxy) is 1. The van der Waals surface area contributed by atoms with Crippen LogP contribution in [0.3, 0.4) is 0 Å². The van der Waals surface area contributed by atoms with Crippen molar-refractivity contribution in [1.29, 1.82) is 0 Å². The first-order valence-electron chi connectivity index (χ1n) is 5.89. The van der Waals surface area contributed by atoms with Crippen molar-refractivity contribution in [2.45, 2.75) is 30.9 Å². The third kappa shape index (κ3) is 2.29. The van der Waals surface area contributed by atoms with Gasteiger partial charge in [-0.3, -0.25) is 0 Å². The van der Waals surface area contributed by atoms with Crippen LogP contribution < -0.4 is 10.1 Å². The molecule has 1 aliphatic heterocycles. The topological polar surface area (TPSA) is 21.3 Å². The van der Waals surface area contributed by atoms with E-state index in [-0.39, 0.29) is 11.9 Å². The van der Waals surface area contributed by atoms with Crippen molar-refractivity contribution in [3.05, 3.63) is 29.1 Å². The minimum atomic E-state index is -0.126. The molecule has 17 heavy (non-hydrogen) atoms. The summed E-state index contributed by atoms with van der Waals surface area (Å²) < 4.78 is 19.4. The summed E-state index contributed by atoms with van der Waals surface area (Å²) in [4.78, 5) is 0. The quantitative estimate of drug-likeness (QED) is 0.896. The molecule has 2 nitrogen and oxygen atoms in total. The zero-order chi connectivity index (χ0) is 12.4. The predicted octanol–water partition coefficient (Wildman–Crippen LogP) is 3.12. The highest BCUT2D eigenvalue weighted by Crippen LogP contribution is 2.42. The van der Waals surface area contributed by atoms with Gasteiger partial charge in [-0.05, 0) is 18.7 Å². The van der Waals surface area contributed by atoms with E-state index < -0.39 is 0 Å². The van der Waals surface area contributed by atoms with Crippen LogP contribution in [0.2, 0.25) is 0 Å². The zero-order valence-electron chi connectivity index (χ0n) is 10.4. The van der Waals surface area contributed by atoms with Gasteiger partial charge in [-0.25, -0.2) is 4.39 Å². The molecular formula is C13H18FNOS. The van der Waals surface area contributed by atoms with Crippen LogP contribution in [0.1, 0.15) is 31.0 Å². The zero-order valence-corrected chi connectivity index (χ0v) is 11.2. The molecule has 0 radical (unpaired) electrons. The molecule has 2 rings (SSSR count). The monoisotopic (exact) mass is 255 g/mol. The molecule has 0 saturated heterocycles. The van der Waals surface area contributed by atoms with E-state index in [1.54, 1.807) is 13.2 Å². The van der Waals surface area contributed by atoms with Gasteiger partial charge in [0.1, 0.15) is 11.6 Å². The number of methoxy groups -OCH3 is 1. The first-order valence-corrected chi connectivity index (χ1v) is 6.94. The lowest BCUT2D eigenvalue weighted by molar-refractivity contribution is 0.404. The maximum atomic E-state index is 14.0. The van der Waals surface area contributed by atoms with Crippen molar-refractivity contribution in [3.8, 4) is 5.75 Å². The molecule has 0 aliphatic carbocycles. The highest BCUT2D eigenvalue weighted by molar-refractivity contribution is 7.99. The van der Waals surface area contributed by atoms with Crippen molar-refractivity contribution in [1.82, 2.24) is 5.32 Å².